The van der Waals surface area contributed by atoms with Gasteiger partial charge in [0.15, 0.2) is 0 Å². The Morgan fingerprint density at radius 1 is 0.542 bits per heavy atom. The van der Waals surface area contributed by atoms with E-state index < -0.39 is 24.2 Å². The summed E-state index contributed by atoms with van der Waals surface area (Å²) in [5, 5.41) is 33.1. The molecule has 5 nitrogen and oxygen atoms in total. The van der Waals surface area contributed by atoms with Gasteiger partial charge in [-0.05, 0) is 44.9 Å². The summed E-state index contributed by atoms with van der Waals surface area (Å²) < 4.78 is 0. The predicted molar refractivity (Wildman–Crippen MR) is 208 cm³/mol. The van der Waals surface area contributed by atoms with Gasteiger partial charge in [0.05, 0.1) is 18.8 Å². The van der Waals surface area contributed by atoms with E-state index in [0.717, 1.165) is 44.9 Å². The van der Waals surface area contributed by atoms with Crippen LogP contribution in [-0.4, -0.2) is 46.1 Å². The van der Waals surface area contributed by atoms with Crippen molar-refractivity contribution in [2.24, 2.45) is 0 Å². The Kier molecular flexibility index (Phi) is 37.2. The van der Waals surface area contributed by atoms with Crippen molar-refractivity contribution in [3.63, 3.8) is 0 Å². The van der Waals surface area contributed by atoms with Crippen LogP contribution in [0.25, 0.3) is 0 Å². The third-order valence-corrected chi connectivity index (χ3v) is 9.49. The Bertz CT molecular complexity index is 749. The van der Waals surface area contributed by atoms with Gasteiger partial charge in [0.25, 0.3) is 0 Å². The Labute approximate surface area is 298 Å². The van der Waals surface area contributed by atoms with E-state index in [-0.39, 0.29) is 6.61 Å². The highest BCUT2D eigenvalue weighted by atomic mass is 16.3. The standard InChI is InChI=1S/C43H81NO4/c1-3-5-7-9-11-13-15-17-19-20-21-22-23-24-26-28-30-32-34-36-38-42(47)43(48)44-40(39-45)41(46)37-35-33-31-29-27-25-18-16-14-12-10-8-6-4-2/h5,7,11,13,35,37,40-42,45-47H,3-4,6,8-10,12,14-34,36,38-39H2,1-2H3,(H,44,48)/b7-5-,13-11-,37-35+. The fraction of sp³-hybridized carbons (Fsp3) is 0.837. The lowest BCUT2D eigenvalue weighted by Crippen LogP contribution is -2.48. The first-order valence-electron chi connectivity index (χ1n) is 20.8. The molecule has 0 bridgehead atoms. The van der Waals surface area contributed by atoms with Crippen LogP contribution in [-0.2, 0) is 4.79 Å². The summed E-state index contributed by atoms with van der Waals surface area (Å²) in [5.74, 6) is -0.505. The highest BCUT2D eigenvalue weighted by Gasteiger charge is 2.22. The molecule has 1 amide bonds. The minimum atomic E-state index is -1.10. The van der Waals surface area contributed by atoms with E-state index >= 15 is 0 Å². The summed E-state index contributed by atoms with van der Waals surface area (Å²) in [7, 11) is 0. The number of hydrogen-bond donors (Lipinski definition) is 4. The molecule has 0 saturated carbocycles. The van der Waals surface area contributed by atoms with Gasteiger partial charge in [0.1, 0.15) is 6.10 Å². The molecular weight excluding hydrogens is 594 g/mol. The third kappa shape index (κ3) is 33.1. The highest BCUT2D eigenvalue weighted by Crippen LogP contribution is 2.15. The number of hydrogen-bond acceptors (Lipinski definition) is 4. The minimum absolute atomic E-state index is 0.363. The molecule has 0 aliphatic carbocycles. The van der Waals surface area contributed by atoms with Gasteiger partial charge in [-0.25, -0.2) is 0 Å². The first kappa shape index (κ1) is 46.6. The predicted octanol–water partition coefficient (Wildman–Crippen LogP) is 11.6. The molecule has 0 aromatic carbocycles. The summed E-state index contributed by atoms with van der Waals surface area (Å²) in [4.78, 5) is 12.4. The summed E-state index contributed by atoms with van der Waals surface area (Å²) in [6.07, 6.45) is 47.4. The van der Waals surface area contributed by atoms with Gasteiger partial charge < -0.3 is 20.6 Å². The summed E-state index contributed by atoms with van der Waals surface area (Å²) in [6.45, 7) is 4.07. The van der Waals surface area contributed by atoms with Gasteiger partial charge in [0, 0.05) is 0 Å². The zero-order valence-corrected chi connectivity index (χ0v) is 31.9. The molecule has 0 fully saturated rings. The van der Waals surface area contributed by atoms with Crippen LogP contribution in [0.3, 0.4) is 0 Å². The zero-order chi connectivity index (χ0) is 35.2. The van der Waals surface area contributed by atoms with Crippen molar-refractivity contribution in [1.82, 2.24) is 5.32 Å². The zero-order valence-electron chi connectivity index (χ0n) is 31.9. The van der Waals surface area contributed by atoms with Gasteiger partial charge in [-0.1, -0.05) is 198 Å². The summed E-state index contributed by atoms with van der Waals surface area (Å²) in [5.41, 5.74) is 0. The lowest BCUT2D eigenvalue weighted by Gasteiger charge is -2.21. The third-order valence-electron chi connectivity index (χ3n) is 9.49. The second kappa shape index (κ2) is 38.4. The van der Waals surface area contributed by atoms with Crippen LogP contribution in [0.15, 0.2) is 36.5 Å². The molecule has 0 rings (SSSR count). The second-order valence-electron chi connectivity index (χ2n) is 14.2. The van der Waals surface area contributed by atoms with E-state index in [9.17, 15) is 20.1 Å². The van der Waals surface area contributed by atoms with Gasteiger partial charge in [-0.2, -0.15) is 0 Å². The maximum atomic E-state index is 12.4. The Hall–Kier alpha value is -1.43. The van der Waals surface area contributed by atoms with Crippen LogP contribution in [0.4, 0.5) is 0 Å². The van der Waals surface area contributed by atoms with Gasteiger partial charge in [-0.3, -0.25) is 4.79 Å². The monoisotopic (exact) mass is 676 g/mol. The van der Waals surface area contributed by atoms with Gasteiger partial charge >= 0.3 is 0 Å². The molecule has 0 saturated heterocycles. The molecular formula is C43H81NO4. The highest BCUT2D eigenvalue weighted by molar-refractivity contribution is 5.80. The van der Waals surface area contributed by atoms with Crippen molar-refractivity contribution in [1.29, 1.82) is 0 Å². The number of aliphatic hydroxyl groups excluding tert-OH is 3. The molecule has 4 N–H and O–H groups in total. The van der Waals surface area contributed by atoms with Crippen LogP contribution in [0.2, 0.25) is 0 Å². The van der Waals surface area contributed by atoms with E-state index in [0.29, 0.717) is 6.42 Å². The average molecular weight is 676 g/mol. The number of carbonyl (C=O) groups is 1. The smallest absolute Gasteiger partial charge is 0.249 e. The first-order chi connectivity index (χ1) is 23.6. The topological polar surface area (TPSA) is 89.8 Å². The van der Waals surface area contributed by atoms with Crippen molar-refractivity contribution in [2.75, 3.05) is 6.61 Å². The maximum absolute atomic E-state index is 12.4. The second-order valence-corrected chi connectivity index (χ2v) is 14.2. The molecule has 5 heteroatoms. The van der Waals surface area contributed by atoms with E-state index in [4.69, 9.17) is 0 Å². The summed E-state index contributed by atoms with van der Waals surface area (Å²) in [6, 6.07) is -0.796. The van der Waals surface area contributed by atoms with E-state index in [1.165, 1.54) is 141 Å². The van der Waals surface area contributed by atoms with E-state index in [2.05, 4.69) is 43.5 Å². The molecule has 282 valence electrons. The first-order valence-corrected chi connectivity index (χ1v) is 20.8. The van der Waals surface area contributed by atoms with Crippen LogP contribution in [0, 0.1) is 0 Å². The number of aliphatic hydroxyl groups is 3. The van der Waals surface area contributed by atoms with Crippen LogP contribution in [0.1, 0.15) is 206 Å². The largest absolute Gasteiger partial charge is 0.394 e. The Morgan fingerprint density at radius 2 is 0.958 bits per heavy atom. The van der Waals surface area contributed by atoms with Crippen LogP contribution in [0.5, 0.6) is 0 Å². The number of allylic oxidation sites excluding steroid dienone is 5. The molecule has 0 aromatic heterocycles. The van der Waals surface area contributed by atoms with Gasteiger partial charge in [-0.15, -0.1) is 0 Å². The number of amides is 1. The van der Waals surface area contributed by atoms with Crippen LogP contribution >= 0.6 is 0 Å². The molecule has 0 spiro atoms. The number of carbonyl (C=O) groups excluding carboxylic acids is 1. The van der Waals surface area contributed by atoms with Crippen molar-refractivity contribution >= 4 is 5.91 Å². The van der Waals surface area contributed by atoms with Crippen molar-refractivity contribution in [2.45, 2.75) is 225 Å². The molecule has 0 aliphatic rings. The SMILES string of the molecule is CC/C=C\C/C=C\CCCCCCCCCCCCCCCC(O)C(=O)NC(CO)C(O)/C=C/CCCCCCCCCCCCCC. The molecule has 0 heterocycles. The lowest BCUT2D eigenvalue weighted by molar-refractivity contribution is -0.131. The number of rotatable bonds is 37. The molecule has 0 aliphatic heterocycles. The van der Waals surface area contributed by atoms with Gasteiger partial charge in [0.2, 0.25) is 5.91 Å². The maximum Gasteiger partial charge on any atom is 0.249 e. The summed E-state index contributed by atoms with van der Waals surface area (Å²) >= 11 is 0. The Morgan fingerprint density at radius 3 is 1.42 bits per heavy atom. The number of nitrogens with one attached hydrogen (secondary N) is 1. The van der Waals surface area contributed by atoms with E-state index in [1.54, 1.807) is 6.08 Å². The van der Waals surface area contributed by atoms with Crippen LogP contribution < -0.4 is 5.32 Å². The van der Waals surface area contributed by atoms with Crippen molar-refractivity contribution in [3.05, 3.63) is 36.5 Å². The average Bonchev–Trinajstić information content (AvgIpc) is 3.09. The molecule has 0 radical (unpaired) electrons. The Balaban J connectivity index is 3.67. The molecule has 0 aromatic rings. The fourth-order valence-corrected chi connectivity index (χ4v) is 6.22. The van der Waals surface area contributed by atoms with Crippen molar-refractivity contribution in [3.8, 4) is 0 Å². The van der Waals surface area contributed by atoms with E-state index in [1.807, 2.05) is 6.08 Å². The normalized spacial score (nSPS) is 14.0. The number of unbranched alkanes of at least 4 members (excludes halogenated alkanes) is 25. The molecule has 3 unspecified atom stereocenters. The quantitative estimate of drug-likeness (QED) is 0.0390. The minimum Gasteiger partial charge on any atom is -0.394 e. The molecule has 3 atom stereocenters. The molecule has 48 heavy (non-hydrogen) atoms. The van der Waals surface area contributed by atoms with Crippen molar-refractivity contribution < 1.29 is 20.1 Å². The fourth-order valence-electron chi connectivity index (χ4n) is 6.22. The lowest BCUT2D eigenvalue weighted by atomic mass is 10.0.